The van der Waals surface area contributed by atoms with E-state index in [0.29, 0.717) is 12.4 Å². The molecular weight excluding hydrogens is 213 g/mol. The van der Waals surface area contributed by atoms with Crippen LogP contribution in [0.3, 0.4) is 0 Å². The molecule has 7 heteroatoms. The standard InChI is InChI=1S/C6H12NO4PS/c1-5(6(8)10-2)7-12(9)11-3-4-13-12/h5H,3-4H2,1-2H3,(H,7,9). The van der Waals surface area contributed by atoms with Gasteiger partial charge in [0.05, 0.1) is 13.7 Å². The van der Waals surface area contributed by atoms with Gasteiger partial charge in [0.15, 0.2) is 0 Å². The molecule has 0 aromatic carbocycles. The highest BCUT2D eigenvalue weighted by Crippen LogP contribution is 2.60. The molecule has 0 saturated carbocycles. The van der Waals surface area contributed by atoms with Crippen molar-refractivity contribution in [2.45, 2.75) is 13.0 Å². The third-order valence-electron chi connectivity index (χ3n) is 1.51. The number of esters is 1. The second kappa shape index (κ2) is 4.46. The van der Waals surface area contributed by atoms with E-state index in [4.69, 9.17) is 4.52 Å². The molecule has 76 valence electrons. The molecular formula is C6H12NO4PS. The molecule has 1 aliphatic heterocycles. The average Bonchev–Trinajstić information content (AvgIpc) is 2.50. The van der Waals surface area contributed by atoms with Crippen LogP contribution in [0.2, 0.25) is 0 Å². The summed E-state index contributed by atoms with van der Waals surface area (Å²) < 4.78 is 21.2. The van der Waals surface area contributed by atoms with Gasteiger partial charge in [-0.15, -0.1) is 0 Å². The van der Waals surface area contributed by atoms with Crippen molar-refractivity contribution >= 4 is 24.1 Å². The SMILES string of the molecule is COC(=O)C(C)NP1(=O)OCCS1. The van der Waals surface area contributed by atoms with E-state index < -0.39 is 18.7 Å². The van der Waals surface area contributed by atoms with E-state index in [9.17, 15) is 9.36 Å². The number of carbonyl (C=O) groups excluding carboxylic acids is 1. The Labute approximate surface area is 80.8 Å². The van der Waals surface area contributed by atoms with E-state index in [1.807, 2.05) is 0 Å². The zero-order valence-electron chi connectivity index (χ0n) is 7.48. The Kier molecular flexibility index (Phi) is 3.79. The topological polar surface area (TPSA) is 64.6 Å². The van der Waals surface area contributed by atoms with E-state index in [2.05, 4.69) is 9.82 Å². The first-order valence-electron chi connectivity index (χ1n) is 3.82. The van der Waals surface area contributed by atoms with Crippen molar-refractivity contribution in [3.05, 3.63) is 0 Å². The van der Waals surface area contributed by atoms with Crippen LogP contribution in [-0.4, -0.2) is 31.5 Å². The first-order chi connectivity index (χ1) is 6.07. The monoisotopic (exact) mass is 225 g/mol. The lowest BCUT2D eigenvalue weighted by Gasteiger charge is -2.15. The Morgan fingerprint density at radius 2 is 2.46 bits per heavy atom. The highest BCUT2D eigenvalue weighted by molar-refractivity contribution is 8.56. The molecule has 1 aliphatic rings. The summed E-state index contributed by atoms with van der Waals surface area (Å²) in [4.78, 5) is 11.0. The molecule has 1 rings (SSSR count). The molecule has 1 fully saturated rings. The van der Waals surface area contributed by atoms with Gasteiger partial charge in [-0.25, -0.2) is 5.09 Å². The van der Waals surface area contributed by atoms with Gasteiger partial charge in [0.25, 0.3) is 0 Å². The molecule has 1 heterocycles. The molecule has 5 nitrogen and oxygen atoms in total. The molecule has 0 spiro atoms. The lowest BCUT2D eigenvalue weighted by Crippen LogP contribution is -2.31. The van der Waals surface area contributed by atoms with Crippen LogP contribution in [0, 0.1) is 0 Å². The average molecular weight is 225 g/mol. The van der Waals surface area contributed by atoms with Gasteiger partial charge in [-0.3, -0.25) is 9.36 Å². The summed E-state index contributed by atoms with van der Waals surface area (Å²) in [5.74, 6) is 0.254. The summed E-state index contributed by atoms with van der Waals surface area (Å²) in [7, 11) is 1.29. The minimum Gasteiger partial charge on any atom is -0.468 e. The third-order valence-corrected chi connectivity index (χ3v) is 5.63. The minimum atomic E-state index is -2.83. The number of nitrogens with one attached hydrogen (secondary N) is 1. The lowest BCUT2D eigenvalue weighted by atomic mass is 10.4. The van der Waals surface area contributed by atoms with E-state index in [-0.39, 0.29) is 0 Å². The number of hydrogen-bond acceptors (Lipinski definition) is 5. The lowest BCUT2D eigenvalue weighted by molar-refractivity contribution is -0.142. The highest BCUT2D eigenvalue weighted by atomic mass is 32.7. The number of methoxy groups -OCH3 is 1. The van der Waals surface area contributed by atoms with E-state index in [1.54, 1.807) is 6.92 Å². The summed E-state index contributed by atoms with van der Waals surface area (Å²) >= 11 is 1.22. The molecule has 0 aromatic heterocycles. The van der Waals surface area contributed by atoms with Crippen LogP contribution in [0.5, 0.6) is 0 Å². The number of ether oxygens (including phenoxy) is 1. The molecule has 0 aromatic rings. The normalized spacial score (nSPS) is 30.0. The van der Waals surface area contributed by atoms with Crippen LogP contribution in [0.15, 0.2) is 0 Å². The summed E-state index contributed by atoms with van der Waals surface area (Å²) in [6, 6.07) is -0.596. The van der Waals surface area contributed by atoms with Gasteiger partial charge in [-0.05, 0) is 6.92 Å². The zero-order valence-corrected chi connectivity index (χ0v) is 9.19. The maximum absolute atomic E-state index is 11.7. The van der Waals surface area contributed by atoms with Crippen molar-refractivity contribution in [1.82, 2.24) is 5.09 Å². The van der Waals surface area contributed by atoms with Gasteiger partial charge in [0.1, 0.15) is 6.04 Å². The second-order valence-electron chi connectivity index (χ2n) is 2.54. The fourth-order valence-corrected chi connectivity index (χ4v) is 4.64. The summed E-state index contributed by atoms with van der Waals surface area (Å²) in [5.41, 5.74) is 0. The second-order valence-corrected chi connectivity index (χ2v) is 6.93. The molecule has 2 unspecified atom stereocenters. The molecule has 0 aliphatic carbocycles. The van der Waals surface area contributed by atoms with Gasteiger partial charge in [0.2, 0.25) is 0 Å². The first kappa shape index (κ1) is 11.0. The first-order valence-corrected chi connectivity index (χ1v) is 7.04. The van der Waals surface area contributed by atoms with Crippen LogP contribution in [0.1, 0.15) is 6.92 Å². The maximum Gasteiger partial charge on any atom is 0.327 e. The largest absolute Gasteiger partial charge is 0.468 e. The number of carbonyl (C=O) groups is 1. The fourth-order valence-electron chi connectivity index (χ4n) is 0.893. The van der Waals surface area contributed by atoms with Crippen molar-refractivity contribution in [2.75, 3.05) is 19.5 Å². The van der Waals surface area contributed by atoms with E-state index in [0.717, 1.165) is 0 Å². The summed E-state index contributed by atoms with van der Waals surface area (Å²) in [5, 5.41) is 2.63. The van der Waals surface area contributed by atoms with Crippen molar-refractivity contribution in [1.29, 1.82) is 0 Å². The predicted molar refractivity (Wildman–Crippen MR) is 50.6 cm³/mol. The van der Waals surface area contributed by atoms with Crippen molar-refractivity contribution < 1.29 is 18.6 Å². The van der Waals surface area contributed by atoms with Gasteiger partial charge in [-0.2, -0.15) is 0 Å². The van der Waals surface area contributed by atoms with Crippen LogP contribution in [-0.2, 0) is 18.6 Å². The third kappa shape index (κ3) is 2.98. The smallest absolute Gasteiger partial charge is 0.327 e. The Bertz CT molecular complexity index is 237. The number of hydrogen-bond donors (Lipinski definition) is 1. The van der Waals surface area contributed by atoms with Gasteiger partial charge in [-0.1, -0.05) is 11.4 Å². The van der Waals surface area contributed by atoms with Gasteiger partial charge < -0.3 is 9.26 Å². The fraction of sp³-hybridized carbons (Fsp3) is 0.833. The molecule has 1 saturated heterocycles. The van der Waals surface area contributed by atoms with Gasteiger partial charge >= 0.3 is 12.7 Å². The summed E-state index contributed by atoms with van der Waals surface area (Å²) in [6.45, 7) is -0.775. The Morgan fingerprint density at radius 1 is 1.77 bits per heavy atom. The van der Waals surface area contributed by atoms with E-state index >= 15 is 0 Å². The molecule has 2 atom stereocenters. The Balaban J connectivity index is 2.47. The number of rotatable bonds is 3. The van der Waals surface area contributed by atoms with E-state index in [1.165, 1.54) is 18.5 Å². The molecule has 13 heavy (non-hydrogen) atoms. The predicted octanol–water partition coefficient (Wildman–Crippen LogP) is 1.01. The Hall–Kier alpha value is -0.0300. The quantitative estimate of drug-likeness (QED) is 0.571. The van der Waals surface area contributed by atoms with Crippen LogP contribution in [0.4, 0.5) is 0 Å². The maximum atomic E-state index is 11.7. The Morgan fingerprint density at radius 3 is 2.92 bits per heavy atom. The molecule has 1 N–H and O–H groups in total. The molecule has 0 amide bonds. The van der Waals surface area contributed by atoms with Crippen molar-refractivity contribution in [3.63, 3.8) is 0 Å². The zero-order chi connectivity index (χ0) is 9.90. The van der Waals surface area contributed by atoms with Crippen LogP contribution in [0.25, 0.3) is 0 Å². The molecule has 0 bridgehead atoms. The van der Waals surface area contributed by atoms with Gasteiger partial charge in [0, 0.05) is 5.75 Å². The van der Waals surface area contributed by atoms with Crippen molar-refractivity contribution in [2.24, 2.45) is 0 Å². The minimum absolute atomic E-state index is 0.439. The van der Waals surface area contributed by atoms with Crippen LogP contribution < -0.4 is 5.09 Å². The summed E-state index contributed by atoms with van der Waals surface area (Å²) in [6.07, 6.45) is 0. The van der Waals surface area contributed by atoms with Crippen LogP contribution >= 0.6 is 18.1 Å². The highest BCUT2D eigenvalue weighted by Gasteiger charge is 2.33. The molecule has 0 radical (unpaired) electrons. The van der Waals surface area contributed by atoms with Crippen molar-refractivity contribution in [3.8, 4) is 0 Å².